The van der Waals surface area contributed by atoms with E-state index in [0.29, 0.717) is 5.56 Å². The molecule has 0 aliphatic carbocycles. The standard InChI is InChI=1S/C24H29N5O5S/c1-5-28(6-2)35(33,34)18-13-12-16(3)19(14-18)23(31)27(4)20-21(25)29(24(32)26-22(20)30)15-17-10-8-7-9-11-17/h7-14H,5-6,15,25H2,1-4H3,(H,26,30,32). The Balaban J connectivity index is 2.07. The predicted octanol–water partition coefficient (Wildman–Crippen LogP) is 1.78. The van der Waals surface area contributed by atoms with Gasteiger partial charge < -0.3 is 10.6 Å². The molecule has 35 heavy (non-hydrogen) atoms. The quantitative estimate of drug-likeness (QED) is 0.484. The van der Waals surface area contributed by atoms with E-state index in [4.69, 9.17) is 5.73 Å². The molecule has 3 aromatic rings. The molecule has 0 bridgehead atoms. The van der Waals surface area contributed by atoms with Gasteiger partial charge in [0, 0.05) is 25.7 Å². The lowest BCUT2D eigenvalue weighted by atomic mass is 10.1. The summed E-state index contributed by atoms with van der Waals surface area (Å²) in [6, 6.07) is 13.3. The molecule has 0 saturated heterocycles. The number of carbonyl (C=O) groups is 1. The van der Waals surface area contributed by atoms with E-state index in [1.165, 1.54) is 28.1 Å². The number of nitrogen functional groups attached to an aromatic ring is 1. The fraction of sp³-hybridized carbons (Fsp3) is 0.292. The molecular formula is C24H29N5O5S. The highest BCUT2D eigenvalue weighted by atomic mass is 32.2. The lowest BCUT2D eigenvalue weighted by Crippen LogP contribution is -2.39. The van der Waals surface area contributed by atoms with E-state index in [1.54, 1.807) is 51.1 Å². The number of carbonyl (C=O) groups excluding carboxylic acids is 1. The minimum atomic E-state index is -3.80. The van der Waals surface area contributed by atoms with Crippen molar-refractivity contribution in [2.45, 2.75) is 32.2 Å². The number of rotatable bonds is 8. The van der Waals surface area contributed by atoms with Crippen LogP contribution >= 0.6 is 0 Å². The van der Waals surface area contributed by atoms with Crippen molar-refractivity contribution < 1.29 is 13.2 Å². The zero-order chi connectivity index (χ0) is 25.9. The number of hydrogen-bond acceptors (Lipinski definition) is 6. The van der Waals surface area contributed by atoms with Crippen LogP contribution in [-0.2, 0) is 16.6 Å². The molecule has 3 rings (SSSR count). The van der Waals surface area contributed by atoms with Crippen LogP contribution < -0.4 is 21.9 Å². The fourth-order valence-electron chi connectivity index (χ4n) is 3.81. The first-order chi connectivity index (χ1) is 16.5. The van der Waals surface area contributed by atoms with E-state index in [2.05, 4.69) is 4.98 Å². The summed E-state index contributed by atoms with van der Waals surface area (Å²) < 4.78 is 28.4. The monoisotopic (exact) mass is 499 g/mol. The zero-order valence-electron chi connectivity index (χ0n) is 20.1. The minimum absolute atomic E-state index is 0.0283. The molecule has 3 N–H and O–H groups in total. The number of nitrogens with one attached hydrogen (secondary N) is 1. The summed E-state index contributed by atoms with van der Waals surface area (Å²) in [6.45, 7) is 5.78. The van der Waals surface area contributed by atoms with Crippen LogP contribution in [0.4, 0.5) is 11.5 Å². The summed E-state index contributed by atoms with van der Waals surface area (Å²) in [5.41, 5.74) is 5.87. The van der Waals surface area contributed by atoms with Gasteiger partial charge in [0.2, 0.25) is 10.0 Å². The summed E-state index contributed by atoms with van der Waals surface area (Å²) in [4.78, 5) is 41.8. The molecule has 0 aliphatic heterocycles. The van der Waals surface area contributed by atoms with Gasteiger partial charge in [0.15, 0.2) is 5.69 Å². The molecule has 1 heterocycles. The normalized spacial score (nSPS) is 11.6. The van der Waals surface area contributed by atoms with Gasteiger partial charge in [0.05, 0.1) is 11.4 Å². The van der Waals surface area contributed by atoms with Crippen molar-refractivity contribution >= 4 is 27.4 Å². The Morgan fingerprint density at radius 1 is 1.06 bits per heavy atom. The van der Waals surface area contributed by atoms with E-state index in [1.807, 2.05) is 6.07 Å². The summed E-state index contributed by atoms with van der Waals surface area (Å²) in [5, 5.41) is 0. The second kappa shape index (κ2) is 10.3. The van der Waals surface area contributed by atoms with Crippen LogP contribution in [0.15, 0.2) is 63.0 Å². The van der Waals surface area contributed by atoms with Crippen LogP contribution in [0.3, 0.4) is 0 Å². The van der Waals surface area contributed by atoms with Crippen LogP contribution in [0.5, 0.6) is 0 Å². The molecule has 0 saturated carbocycles. The molecule has 0 aliphatic rings. The molecule has 2 aromatic carbocycles. The number of H-pyrrole nitrogens is 1. The lowest BCUT2D eigenvalue weighted by molar-refractivity contribution is 0.0992. The zero-order valence-corrected chi connectivity index (χ0v) is 20.9. The Morgan fingerprint density at radius 2 is 1.69 bits per heavy atom. The largest absolute Gasteiger partial charge is 0.383 e. The van der Waals surface area contributed by atoms with Gasteiger partial charge in [-0.05, 0) is 30.2 Å². The third kappa shape index (κ3) is 5.05. The van der Waals surface area contributed by atoms with Gasteiger partial charge in [-0.25, -0.2) is 13.2 Å². The third-order valence-corrected chi connectivity index (χ3v) is 7.87. The Labute approximate surface area is 203 Å². The maximum absolute atomic E-state index is 13.4. The Bertz CT molecular complexity index is 1460. The number of sulfonamides is 1. The van der Waals surface area contributed by atoms with Gasteiger partial charge in [-0.1, -0.05) is 50.2 Å². The van der Waals surface area contributed by atoms with Gasteiger partial charge in [-0.2, -0.15) is 4.31 Å². The van der Waals surface area contributed by atoms with Crippen LogP contribution in [0.2, 0.25) is 0 Å². The van der Waals surface area contributed by atoms with E-state index < -0.39 is 27.2 Å². The van der Waals surface area contributed by atoms with Gasteiger partial charge in [-0.3, -0.25) is 19.1 Å². The molecule has 11 heteroatoms. The van der Waals surface area contributed by atoms with E-state index in [9.17, 15) is 22.8 Å². The molecular weight excluding hydrogens is 470 g/mol. The minimum Gasteiger partial charge on any atom is -0.383 e. The smallest absolute Gasteiger partial charge is 0.330 e. The summed E-state index contributed by atoms with van der Waals surface area (Å²) in [5.74, 6) is -0.816. The SMILES string of the molecule is CCN(CC)S(=O)(=O)c1ccc(C)c(C(=O)N(C)c2c(N)n(Cc3ccccc3)c(=O)[nH]c2=O)c1. The van der Waals surface area contributed by atoms with Crippen molar-refractivity contribution in [3.05, 3.63) is 86.1 Å². The number of nitrogens with two attached hydrogens (primary N) is 1. The van der Waals surface area contributed by atoms with E-state index in [-0.39, 0.29) is 41.6 Å². The first-order valence-corrected chi connectivity index (χ1v) is 12.5. The molecule has 0 fully saturated rings. The highest BCUT2D eigenvalue weighted by molar-refractivity contribution is 7.89. The Kier molecular flexibility index (Phi) is 7.61. The van der Waals surface area contributed by atoms with Crippen LogP contribution in [-0.4, -0.2) is 48.3 Å². The topological polar surface area (TPSA) is 139 Å². The first-order valence-electron chi connectivity index (χ1n) is 11.1. The number of aromatic nitrogens is 2. The summed E-state index contributed by atoms with van der Waals surface area (Å²) in [6.07, 6.45) is 0. The van der Waals surface area contributed by atoms with E-state index >= 15 is 0 Å². The van der Waals surface area contributed by atoms with Crippen LogP contribution in [0, 0.1) is 6.92 Å². The lowest BCUT2D eigenvalue weighted by Gasteiger charge is -2.22. The number of aryl methyl sites for hydroxylation is 1. The molecule has 0 atom stereocenters. The van der Waals surface area contributed by atoms with Crippen molar-refractivity contribution in [3.8, 4) is 0 Å². The Hall–Kier alpha value is -3.70. The van der Waals surface area contributed by atoms with Crippen molar-refractivity contribution in [2.24, 2.45) is 0 Å². The number of aromatic amines is 1. The van der Waals surface area contributed by atoms with Gasteiger partial charge in [-0.15, -0.1) is 0 Å². The highest BCUT2D eigenvalue weighted by Crippen LogP contribution is 2.23. The third-order valence-electron chi connectivity index (χ3n) is 5.82. The number of nitrogens with zero attached hydrogens (tertiary/aromatic N) is 3. The number of amides is 1. The number of anilines is 2. The second-order valence-electron chi connectivity index (χ2n) is 8.00. The van der Waals surface area contributed by atoms with Gasteiger partial charge >= 0.3 is 5.69 Å². The van der Waals surface area contributed by atoms with Crippen molar-refractivity contribution in [1.82, 2.24) is 13.9 Å². The highest BCUT2D eigenvalue weighted by Gasteiger charge is 2.27. The maximum atomic E-state index is 13.4. The van der Waals surface area contributed by atoms with Gasteiger partial charge in [0.1, 0.15) is 5.82 Å². The average molecular weight is 500 g/mol. The molecule has 0 radical (unpaired) electrons. The summed E-state index contributed by atoms with van der Waals surface area (Å²) >= 11 is 0. The van der Waals surface area contributed by atoms with E-state index in [0.717, 1.165) is 10.5 Å². The molecule has 0 spiro atoms. The molecule has 1 amide bonds. The maximum Gasteiger partial charge on any atom is 0.330 e. The van der Waals surface area contributed by atoms with Crippen molar-refractivity contribution in [3.63, 3.8) is 0 Å². The second-order valence-corrected chi connectivity index (χ2v) is 9.93. The average Bonchev–Trinajstić information content (AvgIpc) is 2.82. The molecule has 10 nitrogen and oxygen atoms in total. The van der Waals surface area contributed by atoms with Crippen molar-refractivity contribution in [2.75, 3.05) is 30.8 Å². The molecule has 1 aromatic heterocycles. The van der Waals surface area contributed by atoms with Gasteiger partial charge in [0.25, 0.3) is 11.5 Å². The van der Waals surface area contributed by atoms with Crippen LogP contribution in [0.25, 0.3) is 0 Å². The Morgan fingerprint density at radius 3 is 2.29 bits per heavy atom. The van der Waals surface area contributed by atoms with Crippen LogP contribution in [0.1, 0.15) is 35.3 Å². The predicted molar refractivity (Wildman–Crippen MR) is 135 cm³/mol. The molecule has 0 unspecified atom stereocenters. The summed E-state index contributed by atoms with van der Waals surface area (Å²) in [7, 11) is -2.45. The number of hydrogen-bond donors (Lipinski definition) is 2. The van der Waals surface area contributed by atoms with Crippen molar-refractivity contribution in [1.29, 1.82) is 0 Å². The molecule has 186 valence electrons. The number of benzene rings is 2. The fourth-order valence-corrected chi connectivity index (χ4v) is 5.30. The first kappa shape index (κ1) is 25.9.